The lowest BCUT2D eigenvalue weighted by Crippen LogP contribution is -2.00. The van der Waals surface area contributed by atoms with Crippen LogP contribution in [0, 0.1) is 0 Å². The first-order chi connectivity index (χ1) is 28.7. The maximum atomic E-state index is 4.99. The summed E-state index contributed by atoms with van der Waals surface area (Å²) in [4.78, 5) is 14.9. The molecule has 0 unspecified atom stereocenters. The van der Waals surface area contributed by atoms with Crippen molar-refractivity contribution in [3.05, 3.63) is 200 Å². The van der Waals surface area contributed by atoms with Crippen LogP contribution in [0.3, 0.4) is 0 Å². The highest BCUT2D eigenvalue weighted by atomic mass is 15.0. The highest BCUT2D eigenvalue weighted by Crippen LogP contribution is 2.39. The van der Waals surface area contributed by atoms with E-state index in [1.54, 1.807) is 0 Å². The molecular formula is C53H33N5. The number of para-hydroxylation sites is 1. The van der Waals surface area contributed by atoms with Crippen molar-refractivity contribution in [1.29, 1.82) is 0 Å². The lowest BCUT2D eigenvalue weighted by atomic mass is 10.1. The molecule has 0 saturated carbocycles. The monoisotopic (exact) mass is 739 g/mol. The van der Waals surface area contributed by atoms with E-state index in [0.29, 0.717) is 17.5 Å². The molecule has 5 heteroatoms. The smallest absolute Gasteiger partial charge is 0.164 e. The van der Waals surface area contributed by atoms with E-state index in [-0.39, 0.29) is 0 Å². The predicted molar refractivity (Wildman–Crippen MR) is 240 cm³/mol. The van der Waals surface area contributed by atoms with Gasteiger partial charge in [0.25, 0.3) is 0 Å². The average Bonchev–Trinajstić information content (AvgIpc) is 3.79. The van der Waals surface area contributed by atoms with Crippen molar-refractivity contribution in [3.8, 4) is 45.5 Å². The van der Waals surface area contributed by atoms with E-state index < -0.39 is 0 Å². The Morgan fingerprint density at radius 2 is 0.655 bits per heavy atom. The molecule has 0 aliphatic heterocycles. The van der Waals surface area contributed by atoms with Crippen LogP contribution in [-0.2, 0) is 0 Å². The Hall–Kier alpha value is -7.89. The fourth-order valence-corrected chi connectivity index (χ4v) is 8.74. The minimum Gasteiger partial charge on any atom is -0.309 e. The zero-order valence-electron chi connectivity index (χ0n) is 31.3. The van der Waals surface area contributed by atoms with Crippen molar-refractivity contribution in [1.82, 2.24) is 24.1 Å². The van der Waals surface area contributed by atoms with Gasteiger partial charge < -0.3 is 9.13 Å². The lowest BCUT2D eigenvalue weighted by Gasteiger charge is -2.12. The molecule has 270 valence electrons. The molecule has 12 aromatic rings. The van der Waals surface area contributed by atoms with Gasteiger partial charge in [-0.05, 0) is 94.3 Å². The molecule has 0 amide bonds. The molecule has 0 aliphatic rings. The van der Waals surface area contributed by atoms with Gasteiger partial charge in [0, 0.05) is 49.6 Å². The van der Waals surface area contributed by atoms with Crippen LogP contribution in [0.5, 0.6) is 0 Å². The Labute approximate surface area is 333 Å². The number of rotatable bonds is 5. The summed E-state index contributed by atoms with van der Waals surface area (Å²) in [7, 11) is 0. The van der Waals surface area contributed by atoms with Gasteiger partial charge in [-0.3, -0.25) is 0 Å². The van der Waals surface area contributed by atoms with Crippen LogP contribution in [0.1, 0.15) is 0 Å². The van der Waals surface area contributed by atoms with E-state index in [1.807, 2.05) is 60.7 Å². The summed E-state index contributed by atoms with van der Waals surface area (Å²) in [6.07, 6.45) is 0. The van der Waals surface area contributed by atoms with Crippen molar-refractivity contribution in [2.24, 2.45) is 0 Å². The molecule has 0 aliphatic carbocycles. The molecule has 0 saturated heterocycles. The molecule has 5 nitrogen and oxygen atoms in total. The van der Waals surface area contributed by atoms with Crippen LogP contribution in [0.4, 0.5) is 0 Å². The van der Waals surface area contributed by atoms with Crippen molar-refractivity contribution < 1.29 is 0 Å². The molecule has 0 radical (unpaired) electrons. The second-order valence-electron chi connectivity index (χ2n) is 14.9. The highest BCUT2D eigenvalue weighted by molar-refractivity contribution is 6.16. The minimum absolute atomic E-state index is 0.635. The minimum atomic E-state index is 0.635. The number of benzene rings is 9. The quantitative estimate of drug-likeness (QED) is 0.177. The van der Waals surface area contributed by atoms with Crippen LogP contribution < -0.4 is 0 Å². The average molecular weight is 740 g/mol. The summed E-state index contributed by atoms with van der Waals surface area (Å²) in [5.41, 5.74) is 9.72. The predicted octanol–water partition coefficient (Wildman–Crippen LogP) is 13.4. The molecule has 9 aromatic carbocycles. The molecule has 0 N–H and O–H groups in total. The topological polar surface area (TPSA) is 48.5 Å². The normalized spacial score (nSPS) is 11.8. The molecular weight excluding hydrogens is 707 g/mol. The zero-order valence-corrected chi connectivity index (χ0v) is 31.3. The zero-order chi connectivity index (χ0) is 38.2. The van der Waals surface area contributed by atoms with Crippen LogP contribution in [0.2, 0.25) is 0 Å². The van der Waals surface area contributed by atoms with Crippen LogP contribution in [-0.4, -0.2) is 24.1 Å². The van der Waals surface area contributed by atoms with E-state index >= 15 is 0 Å². The highest BCUT2D eigenvalue weighted by Gasteiger charge is 2.19. The van der Waals surface area contributed by atoms with Gasteiger partial charge in [0.2, 0.25) is 0 Å². The van der Waals surface area contributed by atoms with Crippen LogP contribution in [0.25, 0.3) is 111 Å². The van der Waals surface area contributed by atoms with Gasteiger partial charge in [0.15, 0.2) is 17.5 Å². The Balaban J connectivity index is 1.05. The van der Waals surface area contributed by atoms with E-state index in [4.69, 9.17) is 15.0 Å². The van der Waals surface area contributed by atoms with E-state index in [0.717, 1.165) is 39.1 Å². The Bertz CT molecular complexity index is 3490. The second-order valence-corrected chi connectivity index (χ2v) is 14.9. The summed E-state index contributed by atoms with van der Waals surface area (Å²) >= 11 is 0. The molecule has 0 spiro atoms. The van der Waals surface area contributed by atoms with E-state index in [9.17, 15) is 0 Å². The largest absolute Gasteiger partial charge is 0.309 e. The van der Waals surface area contributed by atoms with Gasteiger partial charge in [0.1, 0.15) is 0 Å². The lowest BCUT2D eigenvalue weighted by molar-refractivity contribution is 1.07. The molecule has 3 aromatic heterocycles. The van der Waals surface area contributed by atoms with Crippen LogP contribution >= 0.6 is 0 Å². The molecule has 0 atom stereocenters. The molecule has 0 fully saturated rings. The fraction of sp³-hybridized carbons (Fsp3) is 0. The number of fused-ring (bicyclic) bond motifs is 8. The van der Waals surface area contributed by atoms with Gasteiger partial charge in [-0.1, -0.05) is 127 Å². The van der Waals surface area contributed by atoms with Crippen molar-refractivity contribution in [2.75, 3.05) is 0 Å². The summed E-state index contributed by atoms with van der Waals surface area (Å²) in [6.45, 7) is 0. The summed E-state index contributed by atoms with van der Waals surface area (Å²) in [5, 5.41) is 9.83. The van der Waals surface area contributed by atoms with E-state index in [1.165, 1.54) is 54.1 Å². The van der Waals surface area contributed by atoms with Gasteiger partial charge in [-0.15, -0.1) is 0 Å². The van der Waals surface area contributed by atoms with Gasteiger partial charge in [-0.2, -0.15) is 0 Å². The number of aromatic nitrogens is 5. The van der Waals surface area contributed by atoms with Crippen molar-refractivity contribution >= 4 is 65.2 Å². The van der Waals surface area contributed by atoms with Gasteiger partial charge in [-0.25, -0.2) is 15.0 Å². The van der Waals surface area contributed by atoms with Crippen molar-refractivity contribution in [2.45, 2.75) is 0 Å². The maximum absolute atomic E-state index is 4.99. The first-order valence-electron chi connectivity index (χ1n) is 19.6. The third-order valence-corrected chi connectivity index (χ3v) is 11.5. The molecule has 0 bridgehead atoms. The standard InChI is InChI=1S/C53H33N5/c1-3-13-34(14-4-1)51-54-52(35-15-5-2-6-16-35)56-53(55-51)36-23-25-41(26-24-36)57-48-28-27-42(33-46(48)45-30-38-18-8-10-20-40(38)32-50(45)57)58-47-22-12-11-21-43(47)44-29-37-17-7-9-19-39(37)31-49(44)58/h1-33H. The SMILES string of the molecule is c1ccc(-c2nc(-c3ccccc3)nc(-c3ccc(-n4c5ccc(-n6c7ccccc7c7cc8ccccc8cc76)cc5c5cc6ccccc6cc54)cc3)n2)cc1. The van der Waals surface area contributed by atoms with Gasteiger partial charge >= 0.3 is 0 Å². The number of hydrogen-bond donors (Lipinski definition) is 0. The van der Waals surface area contributed by atoms with Crippen LogP contribution in [0.15, 0.2) is 200 Å². The summed E-state index contributed by atoms with van der Waals surface area (Å²) in [5.74, 6) is 1.93. The number of hydrogen-bond acceptors (Lipinski definition) is 3. The van der Waals surface area contributed by atoms with Gasteiger partial charge in [0.05, 0.1) is 22.1 Å². The maximum Gasteiger partial charge on any atom is 0.164 e. The first-order valence-corrected chi connectivity index (χ1v) is 19.6. The Morgan fingerprint density at radius 3 is 1.22 bits per heavy atom. The summed E-state index contributed by atoms with van der Waals surface area (Å²) < 4.78 is 4.82. The molecule has 3 heterocycles. The Morgan fingerprint density at radius 1 is 0.259 bits per heavy atom. The third-order valence-electron chi connectivity index (χ3n) is 11.5. The number of nitrogens with zero attached hydrogens (tertiary/aromatic N) is 5. The molecule has 12 rings (SSSR count). The molecule has 58 heavy (non-hydrogen) atoms. The van der Waals surface area contributed by atoms with Crippen molar-refractivity contribution in [3.63, 3.8) is 0 Å². The first kappa shape index (κ1) is 32.4. The second kappa shape index (κ2) is 12.8. The third kappa shape index (κ3) is 5.14. The van der Waals surface area contributed by atoms with E-state index in [2.05, 4.69) is 149 Å². The fourth-order valence-electron chi connectivity index (χ4n) is 8.74. The Kier molecular flexibility index (Phi) is 7.16. The summed E-state index contributed by atoms with van der Waals surface area (Å²) in [6, 6.07) is 71.2.